The summed E-state index contributed by atoms with van der Waals surface area (Å²) in [7, 11) is -2.58. The number of rotatable bonds is 3. The third-order valence-electron chi connectivity index (χ3n) is 12.1. The van der Waals surface area contributed by atoms with Gasteiger partial charge in [0.1, 0.15) is 0 Å². The Morgan fingerprint density at radius 2 is 0.804 bits per heavy atom. The standard InChI is InChI=1S/C49H35NSi/c1-49(2)43-19-9-5-15-37(43)38-27-25-35(30-44(38)49)50(34-24-23-32-13-3-4-14-33(32)29-34)36-26-28-42-41-18-8-12-22-47(41)51(48(42)31-36)45-20-10-6-16-39(45)40-17-7-11-21-46(40)51/h3-31H,1-2H3. The molecule has 0 saturated heterocycles. The number of fused-ring (bicyclic) bond motifs is 14. The van der Waals surface area contributed by atoms with Gasteiger partial charge in [0.2, 0.25) is 0 Å². The molecular weight excluding hydrogens is 631 g/mol. The fourth-order valence-corrected chi connectivity index (χ4v) is 15.4. The molecule has 0 atom stereocenters. The van der Waals surface area contributed by atoms with Crippen LogP contribution in [0.15, 0.2) is 176 Å². The lowest BCUT2D eigenvalue weighted by Crippen LogP contribution is -2.70. The van der Waals surface area contributed by atoms with Crippen LogP contribution in [-0.2, 0) is 5.41 Å². The van der Waals surface area contributed by atoms with Crippen LogP contribution >= 0.6 is 0 Å². The second kappa shape index (κ2) is 10.3. The van der Waals surface area contributed by atoms with Gasteiger partial charge in [0.25, 0.3) is 0 Å². The lowest BCUT2D eigenvalue weighted by atomic mass is 9.82. The van der Waals surface area contributed by atoms with Gasteiger partial charge >= 0.3 is 0 Å². The molecule has 2 heterocycles. The molecule has 0 fully saturated rings. The minimum Gasteiger partial charge on any atom is -0.310 e. The van der Waals surface area contributed by atoms with Crippen LogP contribution in [-0.4, -0.2) is 8.07 Å². The van der Waals surface area contributed by atoms with Crippen molar-refractivity contribution in [2.45, 2.75) is 19.3 Å². The highest BCUT2D eigenvalue weighted by Gasteiger charge is 2.54. The molecule has 51 heavy (non-hydrogen) atoms. The highest BCUT2D eigenvalue weighted by Crippen LogP contribution is 2.51. The number of benzene rings is 8. The Bertz CT molecular complexity index is 2690. The molecule has 0 amide bonds. The first kappa shape index (κ1) is 28.8. The Balaban J connectivity index is 1.18. The van der Waals surface area contributed by atoms with Gasteiger partial charge in [-0.05, 0) is 112 Å². The zero-order chi connectivity index (χ0) is 33.9. The summed E-state index contributed by atoms with van der Waals surface area (Å²) in [5.41, 5.74) is 14.5. The zero-order valence-corrected chi connectivity index (χ0v) is 29.7. The van der Waals surface area contributed by atoms with Gasteiger partial charge in [-0.1, -0.05) is 153 Å². The predicted octanol–water partition coefficient (Wildman–Crippen LogP) is 9.95. The summed E-state index contributed by atoms with van der Waals surface area (Å²) < 4.78 is 0. The number of nitrogens with zero attached hydrogens (tertiary/aromatic N) is 1. The Morgan fingerprint density at radius 1 is 0.353 bits per heavy atom. The van der Waals surface area contributed by atoms with Crippen molar-refractivity contribution in [2.75, 3.05) is 4.90 Å². The normalized spacial score (nSPS) is 14.8. The van der Waals surface area contributed by atoms with Crippen molar-refractivity contribution in [3.63, 3.8) is 0 Å². The molecule has 240 valence electrons. The third-order valence-corrected chi connectivity index (χ3v) is 17.0. The number of hydrogen-bond acceptors (Lipinski definition) is 1. The molecular formula is C49H35NSi. The SMILES string of the molecule is CC1(C)c2ccccc2-c2ccc(N(c3ccc4c(c3)[Si]3(c5ccccc5-c5ccccc53)c3ccccc3-4)c3ccc4ccccc4c3)cc21. The van der Waals surface area contributed by atoms with Gasteiger partial charge in [-0.2, -0.15) is 0 Å². The van der Waals surface area contributed by atoms with Gasteiger partial charge in [0, 0.05) is 22.5 Å². The van der Waals surface area contributed by atoms with Gasteiger partial charge in [-0.25, -0.2) is 0 Å². The van der Waals surface area contributed by atoms with E-state index in [2.05, 4.69) is 195 Å². The maximum Gasteiger partial charge on any atom is 0.182 e. The van der Waals surface area contributed by atoms with E-state index >= 15 is 0 Å². The summed E-state index contributed by atoms with van der Waals surface area (Å²) >= 11 is 0. The average Bonchev–Trinajstić information content (AvgIpc) is 3.73. The van der Waals surface area contributed by atoms with Crippen LogP contribution in [0.5, 0.6) is 0 Å². The van der Waals surface area contributed by atoms with E-state index in [0.717, 1.165) is 0 Å². The third kappa shape index (κ3) is 3.75. The van der Waals surface area contributed by atoms with E-state index in [4.69, 9.17) is 0 Å². The molecule has 11 rings (SSSR count). The molecule has 8 aromatic carbocycles. The second-order valence-corrected chi connectivity index (χ2v) is 18.5. The van der Waals surface area contributed by atoms with Crippen molar-refractivity contribution >= 4 is 56.7 Å². The molecule has 0 radical (unpaired) electrons. The van der Waals surface area contributed by atoms with E-state index in [-0.39, 0.29) is 5.41 Å². The fourth-order valence-electron chi connectivity index (χ4n) is 9.82. The second-order valence-electron chi connectivity index (χ2n) is 14.9. The molecule has 2 aliphatic heterocycles. The average molecular weight is 666 g/mol. The zero-order valence-electron chi connectivity index (χ0n) is 28.7. The van der Waals surface area contributed by atoms with Crippen LogP contribution in [0.25, 0.3) is 44.2 Å². The van der Waals surface area contributed by atoms with Crippen LogP contribution in [0.4, 0.5) is 17.1 Å². The lowest BCUT2D eigenvalue weighted by Gasteiger charge is -2.31. The molecule has 1 nitrogen and oxygen atoms in total. The van der Waals surface area contributed by atoms with Crippen LogP contribution in [0.1, 0.15) is 25.0 Å². The van der Waals surface area contributed by atoms with E-state index in [0.29, 0.717) is 0 Å². The van der Waals surface area contributed by atoms with E-state index in [9.17, 15) is 0 Å². The summed E-state index contributed by atoms with van der Waals surface area (Å²) in [4.78, 5) is 2.50. The smallest absolute Gasteiger partial charge is 0.182 e. The molecule has 0 unspecified atom stereocenters. The van der Waals surface area contributed by atoms with E-state index in [1.807, 2.05) is 0 Å². The van der Waals surface area contributed by atoms with Crippen molar-refractivity contribution in [3.8, 4) is 33.4 Å². The van der Waals surface area contributed by atoms with Crippen molar-refractivity contribution in [2.24, 2.45) is 0 Å². The molecule has 1 spiro atoms. The first-order chi connectivity index (χ1) is 25.0. The summed E-state index contributed by atoms with van der Waals surface area (Å²) in [6, 6.07) is 66.7. The Hall–Kier alpha value is -5.96. The van der Waals surface area contributed by atoms with E-state index < -0.39 is 8.07 Å². The summed E-state index contributed by atoms with van der Waals surface area (Å²) in [5, 5.41) is 8.49. The predicted molar refractivity (Wildman–Crippen MR) is 218 cm³/mol. The van der Waals surface area contributed by atoms with Crippen LogP contribution in [0.3, 0.4) is 0 Å². The minimum absolute atomic E-state index is 0.0925. The molecule has 1 aliphatic carbocycles. The quantitative estimate of drug-likeness (QED) is 0.170. The van der Waals surface area contributed by atoms with Gasteiger partial charge in [-0.3, -0.25) is 0 Å². The highest BCUT2D eigenvalue weighted by molar-refractivity contribution is 7.24. The van der Waals surface area contributed by atoms with Crippen molar-refractivity contribution in [1.29, 1.82) is 0 Å². The summed E-state index contributed by atoms with van der Waals surface area (Å²) in [6.07, 6.45) is 0. The van der Waals surface area contributed by atoms with Crippen LogP contribution in [0.2, 0.25) is 0 Å². The highest BCUT2D eigenvalue weighted by atomic mass is 28.3. The number of anilines is 3. The molecule has 0 bridgehead atoms. The molecule has 0 aromatic heterocycles. The monoisotopic (exact) mass is 665 g/mol. The van der Waals surface area contributed by atoms with E-state index in [1.54, 1.807) is 0 Å². The van der Waals surface area contributed by atoms with Gasteiger partial charge in [-0.15, -0.1) is 0 Å². The molecule has 2 heteroatoms. The van der Waals surface area contributed by atoms with E-state index in [1.165, 1.54) is 93.1 Å². The molecule has 0 saturated carbocycles. The van der Waals surface area contributed by atoms with Gasteiger partial charge in [0.05, 0.1) is 0 Å². The van der Waals surface area contributed by atoms with Gasteiger partial charge in [0.15, 0.2) is 8.07 Å². The topological polar surface area (TPSA) is 3.24 Å². The largest absolute Gasteiger partial charge is 0.310 e. The van der Waals surface area contributed by atoms with Crippen molar-refractivity contribution in [3.05, 3.63) is 187 Å². The fraction of sp³-hybridized carbons (Fsp3) is 0.0612. The minimum atomic E-state index is -2.58. The summed E-state index contributed by atoms with van der Waals surface area (Å²) in [6.45, 7) is 4.75. The first-order valence-corrected chi connectivity index (χ1v) is 20.0. The Morgan fingerprint density at radius 3 is 1.47 bits per heavy atom. The van der Waals surface area contributed by atoms with Crippen molar-refractivity contribution in [1.82, 2.24) is 0 Å². The lowest BCUT2D eigenvalue weighted by molar-refractivity contribution is 0.660. The first-order valence-electron chi connectivity index (χ1n) is 18.0. The molecule has 0 N–H and O–H groups in total. The van der Waals surface area contributed by atoms with Crippen LogP contribution in [0, 0.1) is 0 Å². The number of hydrogen-bond donors (Lipinski definition) is 0. The summed E-state index contributed by atoms with van der Waals surface area (Å²) in [5.74, 6) is 0. The van der Waals surface area contributed by atoms with Crippen molar-refractivity contribution < 1.29 is 0 Å². The Labute approximate surface area is 300 Å². The van der Waals surface area contributed by atoms with Crippen LogP contribution < -0.4 is 25.6 Å². The van der Waals surface area contributed by atoms with Gasteiger partial charge < -0.3 is 4.90 Å². The maximum absolute atomic E-state index is 2.58. The Kier molecular flexibility index (Phi) is 5.82. The molecule has 8 aromatic rings. The molecule has 3 aliphatic rings. The maximum atomic E-state index is 2.56.